The maximum atomic E-state index is 4.86. The van der Waals surface area contributed by atoms with Crippen molar-refractivity contribution in [2.45, 2.75) is 58.2 Å². The molecule has 21 heavy (non-hydrogen) atoms. The second-order valence-corrected chi connectivity index (χ2v) is 8.19. The number of aromatic nitrogens is 1. The van der Waals surface area contributed by atoms with E-state index in [1.807, 2.05) is 0 Å². The molecular formula is C16H28N4S. The van der Waals surface area contributed by atoms with Gasteiger partial charge in [0.1, 0.15) is 0 Å². The molecule has 1 aromatic heterocycles. The van der Waals surface area contributed by atoms with Crippen LogP contribution in [0.2, 0.25) is 0 Å². The smallest absolute Gasteiger partial charge is 0.185 e. The Hall–Kier alpha value is -0.650. The Bertz CT molecular complexity index is 465. The minimum atomic E-state index is 0.150. The van der Waals surface area contributed by atoms with Crippen molar-refractivity contribution >= 4 is 16.5 Å². The highest BCUT2D eigenvalue weighted by atomic mass is 32.1. The van der Waals surface area contributed by atoms with E-state index in [-0.39, 0.29) is 5.54 Å². The number of hydrogen-bond donors (Lipinski definition) is 1. The first-order valence-electron chi connectivity index (χ1n) is 8.20. The maximum Gasteiger partial charge on any atom is 0.185 e. The molecule has 2 aliphatic heterocycles. The minimum absolute atomic E-state index is 0.150. The number of anilines is 1. The van der Waals surface area contributed by atoms with Crippen LogP contribution < -0.4 is 10.2 Å². The van der Waals surface area contributed by atoms with Crippen LogP contribution in [-0.4, -0.2) is 47.6 Å². The van der Waals surface area contributed by atoms with E-state index in [2.05, 4.69) is 41.3 Å². The molecule has 0 bridgehead atoms. The molecule has 2 aliphatic rings. The Morgan fingerprint density at radius 3 is 2.90 bits per heavy atom. The average molecular weight is 308 g/mol. The monoisotopic (exact) mass is 308 g/mol. The Balaban J connectivity index is 1.62. The lowest BCUT2D eigenvalue weighted by atomic mass is 10.1. The molecule has 4 nitrogen and oxygen atoms in total. The molecule has 1 atom stereocenters. The summed E-state index contributed by atoms with van der Waals surface area (Å²) in [6, 6.07) is 0.757. The highest BCUT2D eigenvalue weighted by Crippen LogP contribution is 2.27. The summed E-state index contributed by atoms with van der Waals surface area (Å²) in [4.78, 5) is 10.0. The first-order valence-corrected chi connectivity index (χ1v) is 9.08. The number of fused-ring (bicyclic) bond motifs is 1. The lowest BCUT2D eigenvalue weighted by Gasteiger charge is -2.25. The van der Waals surface area contributed by atoms with E-state index in [9.17, 15) is 0 Å². The maximum absolute atomic E-state index is 4.86. The van der Waals surface area contributed by atoms with E-state index in [1.165, 1.54) is 49.7 Å². The Morgan fingerprint density at radius 2 is 2.10 bits per heavy atom. The predicted molar refractivity (Wildman–Crippen MR) is 90.1 cm³/mol. The van der Waals surface area contributed by atoms with Crippen molar-refractivity contribution in [3.63, 3.8) is 0 Å². The molecule has 5 heteroatoms. The van der Waals surface area contributed by atoms with Gasteiger partial charge in [0, 0.05) is 43.1 Å². The molecule has 2 fully saturated rings. The zero-order chi connectivity index (χ0) is 14.9. The van der Waals surface area contributed by atoms with Crippen molar-refractivity contribution in [1.82, 2.24) is 15.2 Å². The van der Waals surface area contributed by atoms with E-state index < -0.39 is 0 Å². The van der Waals surface area contributed by atoms with Crippen LogP contribution in [-0.2, 0) is 6.54 Å². The fraction of sp³-hybridized carbons (Fsp3) is 0.812. The molecule has 0 saturated carbocycles. The fourth-order valence-electron chi connectivity index (χ4n) is 3.26. The van der Waals surface area contributed by atoms with E-state index in [4.69, 9.17) is 4.98 Å². The molecule has 118 valence electrons. The van der Waals surface area contributed by atoms with Crippen LogP contribution in [0.25, 0.3) is 0 Å². The van der Waals surface area contributed by atoms with Gasteiger partial charge in [-0.3, -0.25) is 4.90 Å². The molecule has 0 radical (unpaired) electrons. The van der Waals surface area contributed by atoms with Gasteiger partial charge in [-0.05, 0) is 46.6 Å². The van der Waals surface area contributed by atoms with Crippen molar-refractivity contribution in [3.05, 3.63) is 11.1 Å². The van der Waals surface area contributed by atoms with Gasteiger partial charge in [0.15, 0.2) is 5.13 Å². The van der Waals surface area contributed by atoms with Crippen LogP contribution in [0, 0.1) is 0 Å². The van der Waals surface area contributed by atoms with E-state index in [0.717, 1.165) is 19.1 Å². The third kappa shape index (κ3) is 3.96. The van der Waals surface area contributed by atoms with Gasteiger partial charge in [0.25, 0.3) is 0 Å². The molecule has 2 saturated heterocycles. The van der Waals surface area contributed by atoms with Crippen molar-refractivity contribution in [3.8, 4) is 0 Å². The standard InChI is InChI=1S/C16H28N4S/c1-16(2,3)17-10-13-12-21-15(18-13)20-9-5-8-19-7-4-6-14(19)11-20/h12,14,17H,4-11H2,1-3H3. The van der Waals surface area contributed by atoms with E-state index >= 15 is 0 Å². The van der Waals surface area contributed by atoms with Gasteiger partial charge in [-0.15, -0.1) is 11.3 Å². The van der Waals surface area contributed by atoms with Gasteiger partial charge in [-0.2, -0.15) is 0 Å². The van der Waals surface area contributed by atoms with Crippen LogP contribution in [0.3, 0.4) is 0 Å². The Morgan fingerprint density at radius 1 is 1.29 bits per heavy atom. The van der Waals surface area contributed by atoms with Crippen molar-refractivity contribution in [2.24, 2.45) is 0 Å². The average Bonchev–Trinajstić information content (AvgIpc) is 3.01. The van der Waals surface area contributed by atoms with Crippen LogP contribution >= 0.6 is 11.3 Å². The van der Waals surface area contributed by atoms with Crippen molar-refractivity contribution in [1.29, 1.82) is 0 Å². The van der Waals surface area contributed by atoms with Gasteiger partial charge >= 0.3 is 0 Å². The molecule has 0 spiro atoms. The molecule has 1 N–H and O–H groups in total. The molecule has 0 amide bonds. The van der Waals surface area contributed by atoms with Crippen LogP contribution in [0.1, 0.15) is 45.7 Å². The lowest BCUT2D eigenvalue weighted by molar-refractivity contribution is 0.273. The zero-order valence-corrected chi connectivity index (χ0v) is 14.4. The fourth-order valence-corrected chi connectivity index (χ4v) is 4.12. The number of nitrogens with zero attached hydrogens (tertiary/aromatic N) is 3. The SMILES string of the molecule is CC(C)(C)NCc1csc(N2CCCN3CCCC3C2)n1. The second-order valence-electron chi connectivity index (χ2n) is 7.36. The third-order valence-corrected chi connectivity index (χ3v) is 5.36. The van der Waals surface area contributed by atoms with Crippen molar-refractivity contribution < 1.29 is 0 Å². The van der Waals surface area contributed by atoms with E-state index in [0.29, 0.717) is 0 Å². The number of nitrogens with one attached hydrogen (secondary N) is 1. The number of hydrogen-bond acceptors (Lipinski definition) is 5. The highest BCUT2D eigenvalue weighted by molar-refractivity contribution is 7.13. The van der Waals surface area contributed by atoms with Gasteiger partial charge in [-0.25, -0.2) is 4.98 Å². The number of rotatable bonds is 3. The molecule has 0 aliphatic carbocycles. The molecule has 3 rings (SSSR count). The predicted octanol–water partition coefficient (Wildman–Crippen LogP) is 2.71. The minimum Gasteiger partial charge on any atom is -0.346 e. The second kappa shape index (κ2) is 6.23. The summed E-state index contributed by atoms with van der Waals surface area (Å²) in [5, 5.41) is 6.95. The molecule has 1 aromatic rings. The number of thiazole rings is 1. The molecule has 0 aromatic carbocycles. The highest BCUT2D eigenvalue weighted by Gasteiger charge is 2.29. The van der Waals surface area contributed by atoms with Gasteiger partial charge in [0.2, 0.25) is 0 Å². The first-order chi connectivity index (χ1) is 10.0. The summed E-state index contributed by atoms with van der Waals surface area (Å²) in [7, 11) is 0. The van der Waals surface area contributed by atoms with Gasteiger partial charge in [0.05, 0.1) is 5.69 Å². The summed E-state index contributed by atoms with van der Waals surface area (Å²) in [5.41, 5.74) is 1.33. The van der Waals surface area contributed by atoms with Gasteiger partial charge in [-0.1, -0.05) is 0 Å². The van der Waals surface area contributed by atoms with Crippen LogP contribution in [0.15, 0.2) is 5.38 Å². The van der Waals surface area contributed by atoms with Gasteiger partial charge < -0.3 is 10.2 Å². The normalized spacial score (nSPS) is 24.1. The zero-order valence-electron chi connectivity index (χ0n) is 13.6. The quantitative estimate of drug-likeness (QED) is 0.930. The third-order valence-electron chi connectivity index (χ3n) is 4.41. The summed E-state index contributed by atoms with van der Waals surface area (Å²) in [6.07, 6.45) is 4.00. The Labute approximate surface area is 132 Å². The summed E-state index contributed by atoms with van der Waals surface area (Å²) in [6.45, 7) is 12.4. The molecule has 1 unspecified atom stereocenters. The summed E-state index contributed by atoms with van der Waals surface area (Å²) in [5.74, 6) is 0. The largest absolute Gasteiger partial charge is 0.346 e. The molecular weight excluding hydrogens is 280 g/mol. The summed E-state index contributed by atoms with van der Waals surface area (Å²) < 4.78 is 0. The Kier molecular flexibility index (Phi) is 4.52. The topological polar surface area (TPSA) is 31.4 Å². The lowest BCUT2D eigenvalue weighted by Crippen LogP contribution is -2.36. The molecule has 3 heterocycles. The van der Waals surface area contributed by atoms with Crippen LogP contribution in [0.4, 0.5) is 5.13 Å². The van der Waals surface area contributed by atoms with E-state index in [1.54, 1.807) is 11.3 Å². The van der Waals surface area contributed by atoms with Crippen LogP contribution in [0.5, 0.6) is 0 Å². The first kappa shape index (κ1) is 15.3. The van der Waals surface area contributed by atoms with Crippen molar-refractivity contribution in [2.75, 3.05) is 31.1 Å². The summed E-state index contributed by atoms with van der Waals surface area (Å²) >= 11 is 1.81.